The summed E-state index contributed by atoms with van der Waals surface area (Å²) in [5.41, 5.74) is 0.100. The second-order valence-corrected chi connectivity index (χ2v) is 5.15. The number of nitro benzene ring substituents is 1. The molecule has 0 bridgehead atoms. The molecule has 1 N–H and O–H groups in total. The van der Waals surface area contributed by atoms with Gasteiger partial charge in [0.05, 0.1) is 11.0 Å². The van der Waals surface area contributed by atoms with Crippen molar-refractivity contribution in [2.45, 2.75) is 19.6 Å². The molecule has 21 heavy (non-hydrogen) atoms. The van der Waals surface area contributed by atoms with Crippen LogP contribution < -0.4 is 4.74 Å². The minimum absolute atomic E-state index is 0.0191. The maximum atomic E-state index is 11.2. The van der Waals surface area contributed by atoms with Crippen LogP contribution in [0.5, 0.6) is 5.75 Å². The zero-order chi connectivity index (χ0) is 15.4. The van der Waals surface area contributed by atoms with Gasteiger partial charge in [-0.25, -0.2) is 9.97 Å². The molecule has 0 saturated carbocycles. The van der Waals surface area contributed by atoms with Gasteiger partial charge in [-0.2, -0.15) is 0 Å². The smallest absolute Gasteiger partial charge is 0.312 e. The molecule has 0 amide bonds. The van der Waals surface area contributed by atoms with Crippen LogP contribution in [0.25, 0.3) is 0 Å². The number of hydrogen-bond acceptors (Lipinski definition) is 6. The Balaban J connectivity index is 2.38. The molecule has 1 atom stereocenters. The van der Waals surface area contributed by atoms with Gasteiger partial charge in [-0.1, -0.05) is 15.9 Å². The van der Waals surface area contributed by atoms with Crippen LogP contribution in [0.1, 0.15) is 24.4 Å². The Labute approximate surface area is 128 Å². The van der Waals surface area contributed by atoms with Gasteiger partial charge in [0.1, 0.15) is 6.61 Å². The van der Waals surface area contributed by atoms with Gasteiger partial charge in [0.25, 0.3) is 0 Å². The second-order valence-electron chi connectivity index (χ2n) is 4.23. The Kier molecular flexibility index (Phi) is 4.81. The van der Waals surface area contributed by atoms with E-state index in [0.29, 0.717) is 15.9 Å². The van der Waals surface area contributed by atoms with Crippen molar-refractivity contribution in [3.05, 3.63) is 56.6 Å². The van der Waals surface area contributed by atoms with Gasteiger partial charge >= 0.3 is 5.69 Å². The summed E-state index contributed by atoms with van der Waals surface area (Å²) in [7, 11) is 0. The molecule has 0 aliphatic rings. The molecule has 1 unspecified atom stereocenters. The topological polar surface area (TPSA) is 98.4 Å². The van der Waals surface area contributed by atoms with E-state index in [1.807, 2.05) is 0 Å². The van der Waals surface area contributed by atoms with E-state index in [1.165, 1.54) is 13.0 Å². The summed E-state index contributed by atoms with van der Waals surface area (Å²) >= 11 is 3.18. The summed E-state index contributed by atoms with van der Waals surface area (Å²) in [6.07, 6.45) is 2.20. The highest BCUT2D eigenvalue weighted by molar-refractivity contribution is 9.10. The molecule has 7 nitrogen and oxygen atoms in total. The van der Waals surface area contributed by atoms with Gasteiger partial charge in [-0.15, -0.1) is 0 Å². The van der Waals surface area contributed by atoms with E-state index < -0.39 is 11.0 Å². The Bertz CT molecular complexity index is 649. The largest absolute Gasteiger partial charge is 0.478 e. The van der Waals surface area contributed by atoms with Gasteiger partial charge < -0.3 is 9.84 Å². The monoisotopic (exact) mass is 353 g/mol. The van der Waals surface area contributed by atoms with Gasteiger partial charge in [0, 0.05) is 28.5 Å². The third-order valence-corrected chi connectivity index (χ3v) is 3.13. The molecule has 0 aliphatic heterocycles. The number of halogens is 1. The summed E-state index contributed by atoms with van der Waals surface area (Å²) < 4.78 is 5.98. The lowest BCUT2D eigenvalue weighted by atomic mass is 10.1. The molecule has 1 heterocycles. The van der Waals surface area contributed by atoms with Crippen LogP contribution in [0.4, 0.5) is 5.69 Å². The highest BCUT2D eigenvalue weighted by atomic mass is 79.9. The maximum Gasteiger partial charge on any atom is 0.312 e. The molecule has 2 aromatic rings. The summed E-state index contributed by atoms with van der Waals surface area (Å²) in [6, 6.07) is 4.57. The van der Waals surface area contributed by atoms with E-state index in [-0.39, 0.29) is 18.0 Å². The lowest BCUT2D eigenvalue weighted by Crippen LogP contribution is -2.06. The third-order valence-electron chi connectivity index (χ3n) is 2.67. The predicted octanol–water partition coefficient (Wildman–Crippen LogP) is 2.78. The predicted molar refractivity (Wildman–Crippen MR) is 77.8 cm³/mol. The van der Waals surface area contributed by atoms with Gasteiger partial charge in [0.15, 0.2) is 5.82 Å². The standard InChI is InChI=1S/C13H12BrN3O4/c1-8(18)10-5-9(14)6-11(17(19)20)13(10)21-7-12-15-3-2-4-16-12/h2-6,8,18H,7H2,1H3. The first-order valence-corrected chi connectivity index (χ1v) is 6.83. The molecule has 0 spiro atoms. The van der Waals surface area contributed by atoms with Crippen molar-refractivity contribution in [2.24, 2.45) is 0 Å². The summed E-state index contributed by atoms with van der Waals surface area (Å²) in [5.74, 6) is 0.414. The van der Waals surface area contributed by atoms with Crippen LogP contribution in [0.3, 0.4) is 0 Å². The van der Waals surface area contributed by atoms with Crippen molar-refractivity contribution < 1.29 is 14.8 Å². The van der Waals surface area contributed by atoms with Crippen molar-refractivity contribution in [3.8, 4) is 5.75 Å². The zero-order valence-electron chi connectivity index (χ0n) is 11.1. The van der Waals surface area contributed by atoms with Crippen molar-refractivity contribution in [3.63, 3.8) is 0 Å². The molecule has 1 aromatic carbocycles. The Hall–Kier alpha value is -2.06. The highest BCUT2D eigenvalue weighted by Crippen LogP contribution is 2.38. The van der Waals surface area contributed by atoms with E-state index in [4.69, 9.17) is 4.74 Å². The van der Waals surface area contributed by atoms with Crippen LogP contribution >= 0.6 is 15.9 Å². The van der Waals surface area contributed by atoms with Crippen LogP contribution in [0, 0.1) is 10.1 Å². The van der Waals surface area contributed by atoms with Crippen LogP contribution in [-0.2, 0) is 6.61 Å². The average Bonchev–Trinajstić information content (AvgIpc) is 2.46. The number of nitrogens with zero attached hydrogens (tertiary/aromatic N) is 3. The molecular formula is C13H12BrN3O4. The van der Waals surface area contributed by atoms with Gasteiger partial charge in [-0.3, -0.25) is 10.1 Å². The number of ether oxygens (including phenoxy) is 1. The summed E-state index contributed by atoms with van der Waals surface area (Å²) in [4.78, 5) is 18.6. The minimum Gasteiger partial charge on any atom is -0.478 e. The van der Waals surface area contributed by atoms with Crippen LogP contribution in [0.2, 0.25) is 0 Å². The fourth-order valence-electron chi connectivity index (χ4n) is 1.74. The fraction of sp³-hybridized carbons (Fsp3) is 0.231. The van der Waals surface area contributed by atoms with E-state index in [2.05, 4.69) is 25.9 Å². The van der Waals surface area contributed by atoms with Crippen molar-refractivity contribution >= 4 is 21.6 Å². The summed E-state index contributed by atoms with van der Waals surface area (Å²) in [5, 5.41) is 20.9. The highest BCUT2D eigenvalue weighted by Gasteiger charge is 2.23. The fourth-order valence-corrected chi connectivity index (χ4v) is 2.21. The first-order valence-electron chi connectivity index (χ1n) is 6.03. The van der Waals surface area contributed by atoms with E-state index >= 15 is 0 Å². The normalized spacial score (nSPS) is 12.0. The SMILES string of the molecule is CC(O)c1cc(Br)cc([N+](=O)[O-])c1OCc1ncccn1. The van der Waals surface area contributed by atoms with Gasteiger partial charge in [0.2, 0.25) is 5.75 Å². The Morgan fingerprint density at radius 2 is 2.10 bits per heavy atom. The van der Waals surface area contributed by atoms with E-state index in [0.717, 1.165) is 0 Å². The van der Waals surface area contributed by atoms with Crippen molar-refractivity contribution in [1.29, 1.82) is 0 Å². The quantitative estimate of drug-likeness (QED) is 0.655. The van der Waals surface area contributed by atoms with E-state index in [9.17, 15) is 15.2 Å². The minimum atomic E-state index is -0.909. The number of nitro groups is 1. The number of hydrogen-bond donors (Lipinski definition) is 1. The molecule has 0 radical (unpaired) electrons. The Morgan fingerprint density at radius 3 is 2.67 bits per heavy atom. The average molecular weight is 354 g/mol. The maximum absolute atomic E-state index is 11.2. The molecule has 0 saturated heterocycles. The molecule has 1 aromatic heterocycles. The zero-order valence-corrected chi connectivity index (χ0v) is 12.6. The number of aliphatic hydroxyl groups excluding tert-OH is 1. The third kappa shape index (κ3) is 3.73. The van der Waals surface area contributed by atoms with Crippen molar-refractivity contribution in [2.75, 3.05) is 0 Å². The molecule has 0 aliphatic carbocycles. The number of aliphatic hydroxyl groups is 1. The van der Waals surface area contributed by atoms with Gasteiger partial charge in [-0.05, 0) is 19.1 Å². The molecule has 0 fully saturated rings. The number of benzene rings is 1. The molecule has 2 rings (SSSR count). The number of aromatic nitrogens is 2. The molecular weight excluding hydrogens is 342 g/mol. The van der Waals surface area contributed by atoms with E-state index in [1.54, 1.807) is 24.5 Å². The lowest BCUT2D eigenvalue weighted by molar-refractivity contribution is -0.386. The Morgan fingerprint density at radius 1 is 1.43 bits per heavy atom. The summed E-state index contributed by atoms with van der Waals surface area (Å²) in [6.45, 7) is 1.49. The van der Waals surface area contributed by atoms with Crippen LogP contribution in [-0.4, -0.2) is 20.0 Å². The first-order chi connectivity index (χ1) is 9.99. The number of rotatable bonds is 5. The van der Waals surface area contributed by atoms with Crippen LogP contribution in [0.15, 0.2) is 35.1 Å². The van der Waals surface area contributed by atoms with Crippen molar-refractivity contribution in [1.82, 2.24) is 9.97 Å². The second kappa shape index (κ2) is 6.59. The lowest BCUT2D eigenvalue weighted by Gasteiger charge is -2.13. The first kappa shape index (κ1) is 15.3. The molecule has 8 heteroatoms. The molecule has 110 valence electrons.